The molecule has 0 aliphatic rings. The van der Waals surface area contributed by atoms with E-state index in [1.165, 1.54) is 76.9 Å². The minimum Gasteiger partial charge on any atom is -0.309 e. The fourth-order valence-electron chi connectivity index (χ4n) is 6.82. The summed E-state index contributed by atoms with van der Waals surface area (Å²) >= 11 is 0. The SMILES string of the molecule is c1ccc(-n2c3ccccc3c3cc4c5ccccc5n(-c5ccccc5-c5ccc6ccccc6c5)c4cc32)cc1. The zero-order valence-corrected chi connectivity index (χ0v) is 22.9. The van der Waals surface area contributed by atoms with E-state index in [9.17, 15) is 0 Å². The molecule has 42 heavy (non-hydrogen) atoms. The van der Waals surface area contributed by atoms with Crippen LogP contribution in [0.15, 0.2) is 158 Å². The molecule has 0 saturated carbocycles. The van der Waals surface area contributed by atoms with Gasteiger partial charge in [-0.2, -0.15) is 0 Å². The van der Waals surface area contributed by atoms with Crippen LogP contribution < -0.4 is 0 Å². The van der Waals surface area contributed by atoms with Crippen LogP contribution in [0.4, 0.5) is 0 Å². The summed E-state index contributed by atoms with van der Waals surface area (Å²) in [4.78, 5) is 0. The molecule has 0 saturated heterocycles. The summed E-state index contributed by atoms with van der Waals surface area (Å²) in [5, 5.41) is 7.58. The van der Waals surface area contributed by atoms with Gasteiger partial charge < -0.3 is 9.13 Å². The van der Waals surface area contributed by atoms with Crippen LogP contribution >= 0.6 is 0 Å². The largest absolute Gasteiger partial charge is 0.309 e. The maximum Gasteiger partial charge on any atom is 0.0562 e. The molecule has 2 aromatic heterocycles. The maximum absolute atomic E-state index is 2.46. The Kier molecular flexibility index (Phi) is 4.93. The molecule has 2 heterocycles. The number of aromatic nitrogens is 2. The lowest BCUT2D eigenvalue weighted by Gasteiger charge is -2.15. The molecule has 9 rings (SSSR count). The number of hydrogen-bond acceptors (Lipinski definition) is 0. The normalized spacial score (nSPS) is 11.8. The van der Waals surface area contributed by atoms with Crippen LogP contribution in [0.2, 0.25) is 0 Å². The summed E-state index contributed by atoms with van der Waals surface area (Å²) in [5.74, 6) is 0. The van der Waals surface area contributed by atoms with E-state index in [0.29, 0.717) is 0 Å². The Morgan fingerprint density at radius 3 is 1.71 bits per heavy atom. The quantitative estimate of drug-likeness (QED) is 0.213. The zero-order valence-electron chi connectivity index (χ0n) is 22.9. The van der Waals surface area contributed by atoms with Gasteiger partial charge in [-0.05, 0) is 64.9 Å². The van der Waals surface area contributed by atoms with Crippen molar-refractivity contribution in [2.45, 2.75) is 0 Å². The Morgan fingerprint density at radius 2 is 0.929 bits per heavy atom. The van der Waals surface area contributed by atoms with Gasteiger partial charge in [0, 0.05) is 32.8 Å². The number of rotatable bonds is 3. The topological polar surface area (TPSA) is 9.86 Å². The maximum atomic E-state index is 2.46. The molecule has 0 amide bonds. The molecule has 0 radical (unpaired) electrons. The highest BCUT2D eigenvalue weighted by molar-refractivity contribution is 6.19. The molecule has 0 fully saturated rings. The van der Waals surface area contributed by atoms with E-state index in [-0.39, 0.29) is 0 Å². The van der Waals surface area contributed by atoms with E-state index in [4.69, 9.17) is 0 Å². The van der Waals surface area contributed by atoms with Crippen molar-refractivity contribution in [2.75, 3.05) is 0 Å². The molecule has 7 aromatic carbocycles. The van der Waals surface area contributed by atoms with Gasteiger partial charge in [0.05, 0.1) is 27.8 Å². The van der Waals surface area contributed by atoms with E-state index >= 15 is 0 Å². The van der Waals surface area contributed by atoms with Crippen LogP contribution in [-0.2, 0) is 0 Å². The van der Waals surface area contributed by atoms with Crippen molar-refractivity contribution in [1.82, 2.24) is 9.13 Å². The summed E-state index contributed by atoms with van der Waals surface area (Å²) in [7, 11) is 0. The van der Waals surface area contributed by atoms with E-state index in [0.717, 1.165) is 0 Å². The monoisotopic (exact) mass is 534 g/mol. The standard InChI is InChI=1S/C40H26N2/c1-2-14-30(15-3-1)41-37-20-10-7-17-32(37)34-25-35-33-18-8-11-21-38(33)42(40(35)26-39(34)41)36-19-9-6-16-31(36)29-23-22-27-12-4-5-13-28(27)24-29/h1-26H. The summed E-state index contributed by atoms with van der Waals surface area (Å²) in [6.07, 6.45) is 0. The van der Waals surface area contributed by atoms with Crippen LogP contribution in [0.3, 0.4) is 0 Å². The molecule has 2 nitrogen and oxygen atoms in total. The lowest BCUT2D eigenvalue weighted by molar-refractivity contribution is 1.17. The first-order chi connectivity index (χ1) is 20.8. The molecule has 0 unspecified atom stereocenters. The highest BCUT2D eigenvalue weighted by Crippen LogP contribution is 2.41. The van der Waals surface area contributed by atoms with Gasteiger partial charge in [-0.3, -0.25) is 0 Å². The predicted molar refractivity (Wildman–Crippen MR) is 178 cm³/mol. The molecule has 0 spiro atoms. The second kappa shape index (κ2) is 8.95. The van der Waals surface area contributed by atoms with Gasteiger partial charge in [-0.15, -0.1) is 0 Å². The Labute approximate surface area is 243 Å². The lowest BCUT2D eigenvalue weighted by atomic mass is 9.99. The molecule has 0 aliphatic carbocycles. The van der Waals surface area contributed by atoms with Crippen molar-refractivity contribution >= 4 is 54.4 Å². The van der Waals surface area contributed by atoms with Gasteiger partial charge in [-0.25, -0.2) is 0 Å². The first-order valence-corrected chi connectivity index (χ1v) is 14.5. The molecule has 2 heteroatoms. The van der Waals surface area contributed by atoms with Gasteiger partial charge in [0.15, 0.2) is 0 Å². The molecular formula is C40H26N2. The van der Waals surface area contributed by atoms with Crippen LogP contribution in [-0.4, -0.2) is 9.13 Å². The Hall–Kier alpha value is -5.60. The lowest BCUT2D eigenvalue weighted by Crippen LogP contribution is -1.98. The Bertz CT molecular complexity index is 2460. The Morgan fingerprint density at radius 1 is 0.333 bits per heavy atom. The first-order valence-electron chi connectivity index (χ1n) is 14.5. The zero-order chi connectivity index (χ0) is 27.6. The second-order valence-electron chi connectivity index (χ2n) is 11.0. The third kappa shape index (κ3) is 3.33. The highest BCUT2D eigenvalue weighted by Gasteiger charge is 2.19. The minimum absolute atomic E-state index is 1.17. The number of hydrogen-bond donors (Lipinski definition) is 0. The van der Waals surface area contributed by atoms with Crippen molar-refractivity contribution in [3.8, 4) is 22.5 Å². The number of para-hydroxylation sites is 4. The third-order valence-electron chi connectivity index (χ3n) is 8.69. The molecule has 0 N–H and O–H groups in total. The fraction of sp³-hybridized carbons (Fsp3) is 0. The van der Waals surface area contributed by atoms with Crippen LogP contribution in [0.25, 0.3) is 76.9 Å². The van der Waals surface area contributed by atoms with Crippen molar-refractivity contribution in [1.29, 1.82) is 0 Å². The van der Waals surface area contributed by atoms with Gasteiger partial charge >= 0.3 is 0 Å². The van der Waals surface area contributed by atoms with Crippen LogP contribution in [0, 0.1) is 0 Å². The van der Waals surface area contributed by atoms with Gasteiger partial charge in [0.1, 0.15) is 0 Å². The van der Waals surface area contributed by atoms with E-state index in [1.807, 2.05) is 0 Å². The van der Waals surface area contributed by atoms with Gasteiger partial charge in [0.2, 0.25) is 0 Å². The highest BCUT2D eigenvalue weighted by atomic mass is 15.0. The van der Waals surface area contributed by atoms with E-state index in [1.54, 1.807) is 0 Å². The van der Waals surface area contributed by atoms with E-state index in [2.05, 4.69) is 167 Å². The van der Waals surface area contributed by atoms with E-state index < -0.39 is 0 Å². The van der Waals surface area contributed by atoms with Crippen molar-refractivity contribution in [2.24, 2.45) is 0 Å². The third-order valence-corrected chi connectivity index (χ3v) is 8.69. The van der Waals surface area contributed by atoms with Gasteiger partial charge in [0.25, 0.3) is 0 Å². The number of fused-ring (bicyclic) bond motifs is 7. The van der Waals surface area contributed by atoms with Crippen molar-refractivity contribution < 1.29 is 0 Å². The average molecular weight is 535 g/mol. The summed E-state index contributed by atoms with van der Waals surface area (Å²) in [6.45, 7) is 0. The summed E-state index contributed by atoms with van der Waals surface area (Å²) in [5.41, 5.74) is 9.63. The smallest absolute Gasteiger partial charge is 0.0562 e. The van der Waals surface area contributed by atoms with Crippen LogP contribution in [0.1, 0.15) is 0 Å². The fourth-order valence-corrected chi connectivity index (χ4v) is 6.82. The number of nitrogens with zero attached hydrogens (tertiary/aromatic N) is 2. The summed E-state index contributed by atoms with van der Waals surface area (Å²) < 4.78 is 4.86. The van der Waals surface area contributed by atoms with Crippen molar-refractivity contribution in [3.63, 3.8) is 0 Å². The van der Waals surface area contributed by atoms with Crippen molar-refractivity contribution in [3.05, 3.63) is 158 Å². The Balaban J connectivity index is 1.41. The number of benzene rings is 7. The summed E-state index contributed by atoms with van der Waals surface area (Å²) in [6, 6.07) is 57.3. The average Bonchev–Trinajstić information content (AvgIpc) is 3.56. The molecule has 9 aromatic rings. The predicted octanol–water partition coefficient (Wildman–Crippen LogP) is 10.7. The molecular weight excluding hydrogens is 508 g/mol. The van der Waals surface area contributed by atoms with Gasteiger partial charge in [-0.1, -0.05) is 109 Å². The molecule has 0 bridgehead atoms. The van der Waals surface area contributed by atoms with Crippen LogP contribution in [0.5, 0.6) is 0 Å². The molecule has 0 atom stereocenters. The second-order valence-corrected chi connectivity index (χ2v) is 11.0. The molecule has 196 valence electrons. The minimum atomic E-state index is 1.17. The molecule has 0 aliphatic heterocycles. The first kappa shape index (κ1) is 23.1.